The molecule has 4 nitrogen and oxygen atoms in total. The molecule has 0 saturated carbocycles. The van der Waals surface area contributed by atoms with Crippen LogP contribution in [0.25, 0.3) is 0 Å². The van der Waals surface area contributed by atoms with Gasteiger partial charge in [0.2, 0.25) is 0 Å². The molecule has 0 fully saturated rings. The summed E-state index contributed by atoms with van der Waals surface area (Å²) < 4.78 is 72.9. The average molecular weight is 284 g/mol. The zero-order chi connectivity index (χ0) is 15.4. The van der Waals surface area contributed by atoms with Crippen LogP contribution >= 0.6 is 0 Å². The first-order valence-electron chi connectivity index (χ1n) is 4.09. The number of carbonyl (C=O) groups is 1. The fraction of sp³-hybridized carbons (Fsp3) is 0.222. The molecule has 0 atom stereocenters. The van der Waals surface area contributed by atoms with E-state index in [1.54, 1.807) is 0 Å². The molecule has 0 spiro atoms. The minimum absolute atomic E-state index is 0.652. The summed E-state index contributed by atoms with van der Waals surface area (Å²) in [6.45, 7) is 0. The van der Waals surface area contributed by atoms with Crippen molar-refractivity contribution >= 4 is 5.97 Å². The van der Waals surface area contributed by atoms with Gasteiger partial charge >= 0.3 is 18.3 Å². The van der Waals surface area contributed by atoms with Crippen LogP contribution in [0.4, 0.5) is 26.3 Å². The van der Waals surface area contributed by atoms with Crippen molar-refractivity contribution in [2.24, 2.45) is 0 Å². The number of halogens is 6. The predicted molar refractivity (Wildman–Crippen MR) is 46.1 cm³/mol. The van der Waals surface area contributed by atoms with E-state index in [9.17, 15) is 31.1 Å². The van der Waals surface area contributed by atoms with E-state index in [0.29, 0.717) is 12.1 Å². The quantitative estimate of drug-likeness (QED) is 0.365. The lowest BCUT2D eigenvalue weighted by Crippen LogP contribution is -2.22. The van der Waals surface area contributed by atoms with Crippen molar-refractivity contribution in [2.75, 3.05) is 0 Å². The first kappa shape index (κ1) is 16.5. The van der Waals surface area contributed by atoms with Crippen molar-refractivity contribution in [1.29, 1.82) is 10.5 Å². The molecule has 0 unspecified atom stereocenters. The number of allylic oxidation sites excluding steroid dienone is 3. The van der Waals surface area contributed by atoms with Crippen molar-refractivity contribution in [2.45, 2.75) is 12.4 Å². The molecule has 0 amide bonds. The van der Waals surface area contributed by atoms with Gasteiger partial charge in [0.15, 0.2) is 5.57 Å². The maximum Gasteiger partial charge on any atom is 0.424 e. The number of carboxylic acids is 1. The molecule has 0 aliphatic rings. The molecule has 10 heteroatoms. The van der Waals surface area contributed by atoms with Gasteiger partial charge in [-0.2, -0.15) is 36.9 Å². The van der Waals surface area contributed by atoms with Crippen LogP contribution in [-0.4, -0.2) is 23.4 Å². The van der Waals surface area contributed by atoms with E-state index in [4.69, 9.17) is 15.6 Å². The van der Waals surface area contributed by atoms with Crippen LogP contribution in [0.15, 0.2) is 22.8 Å². The highest BCUT2D eigenvalue weighted by atomic mass is 19.4. The Morgan fingerprint density at radius 1 is 1.05 bits per heavy atom. The molecule has 0 saturated heterocycles. The zero-order valence-corrected chi connectivity index (χ0v) is 8.60. The van der Waals surface area contributed by atoms with Gasteiger partial charge in [-0.15, -0.1) is 0 Å². The minimum Gasteiger partial charge on any atom is -0.478 e. The van der Waals surface area contributed by atoms with Crippen LogP contribution in [0.2, 0.25) is 0 Å². The van der Waals surface area contributed by atoms with Gasteiger partial charge < -0.3 is 5.11 Å². The SMILES string of the molecule is N#CC(=CC(F)(F)F)C(C#N)=C(C(=O)O)C(F)(F)F. The summed E-state index contributed by atoms with van der Waals surface area (Å²) in [7, 11) is 0. The fourth-order valence-electron chi connectivity index (χ4n) is 0.945. The Balaban J connectivity index is 6.32. The summed E-state index contributed by atoms with van der Waals surface area (Å²) in [6.07, 6.45) is -11.6. The monoisotopic (exact) mass is 284 g/mol. The lowest BCUT2D eigenvalue weighted by Gasteiger charge is -2.09. The lowest BCUT2D eigenvalue weighted by molar-refractivity contribution is -0.145. The molecule has 0 heterocycles. The average Bonchev–Trinajstić information content (AvgIpc) is 2.18. The second-order valence-corrected chi connectivity index (χ2v) is 2.88. The first-order valence-corrected chi connectivity index (χ1v) is 4.09. The highest BCUT2D eigenvalue weighted by Crippen LogP contribution is 2.32. The van der Waals surface area contributed by atoms with Crippen molar-refractivity contribution in [3.05, 3.63) is 22.8 Å². The minimum atomic E-state index is -5.58. The van der Waals surface area contributed by atoms with Gasteiger partial charge in [-0.25, -0.2) is 4.79 Å². The van der Waals surface area contributed by atoms with E-state index in [1.165, 1.54) is 0 Å². The van der Waals surface area contributed by atoms with Crippen molar-refractivity contribution < 1.29 is 36.2 Å². The van der Waals surface area contributed by atoms with Crippen LogP contribution in [0.5, 0.6) is 0 Å². The number of nitriles is 2. The Labute approximate surface area is 101 Å². The molecular weight excluding hydrogens is 282 g/mol. The molecule has 0 radical (unpaired) electrons. The smallest absolute Gasteiger partial charge is 0.424 e. The summed E-state index contributed by atoms with van der Waals surface area (Å²) >= 11 is 0. The highest BCUT2D eigenvalue weighted by molar-refractivity contribution is 5.91. The number of hydrogen-bond donors (Lipinski definition) is 1. The van der Waals surface area contributed by atoms with E-state index < -0.39 is 41.1 Å². The van der Waals surface area contributed by atoms with Crippen LogP contribution in [0, 0.1) is 22.7 Å². The third kappa shape index (κ3) is 4.71. The highest BCUT2D eigenvalue weighted by Gasteiger charge is 2.43. The molecule has 0 bridgehead atoms. The summed E-state index contributed by atoms with van der Waals surface area (Å²) in [4.78, 5) is 10.4. The van der Waals surface area contributed by atoms with E-state index in [0.717, 1.165) is 0 Å². The molecule has 0 aromatic heterocycles. The van der Waals surface area contributed by atoms with E-state index in [1.807, 2.05) is 0 Å². The number of hydrogen-bond acceptors (Lipinski definition) is 3. The Bertz CT molecular complexity index is 527. The maximum atomic E-state index is 12.3. The normalized spacial score (nSPS) is 14.2. The van der Waals surface area contributed by atoms with Crippen LogP contribution in [0.1, 0.15) is 0 Å². The van der Waals surface area contributed by atoms with Gasteiger partial charge in [-0.1, -0.05) is 0 Å². The van der Waals surface area contributed by atoms with Crippen molar-refractivity contribution in [3.63, 3.8) is 0 Å². The molecule has 102 valence electrons. The van der Waals surface area contributed by atoms with Gasteiger partial charge in [0.25, 0.3) is 0 Å². The standard InChI is InChI=1S/C9H2F6N2O2/c10-8(11,12)1-4(2-16)5(3-17)6(7(18)19)9(13,14)15/h1H,(H,18,19). The molecule has 1 N–H and O–H groups in total. The number of alkyl halides is 6. The molecule has 0 aliphatic carbocycles. The number of nitrogens with zero attached hydrogens (tertiary/aromatic N) is 2. The predicted octanol–water partition coefficient (Wildman–Crippen LogP) is 2.47. The van der Waals surface area contributed by atoms with E-state index >= 15 is 0 Å². The Morgan fingerprint density at radius 3 is 1.74 bits per heavy atom. The van der Waals surface area contributed by atoms with Crippen LogP contribution < -0.4 is 0 Å². The molecule has 0 rings (SSSR count). The van der Waals surface area contributed by atoms with E-state index in [-0.39, 0.29) is 0 Å². The molecular formula is C9H2F6N2O2. The second kappa shape index (κ2) is 5.44. The second-order valence-electron chi connectivity index (χ2n) is 2.88. The zero-order valence-electron chi connectivity index (χ0n) is 8.60. The van der Waals surface area contributed by atoms with Gasteiger partial charge in [0.05, 0.1) is 11.1 Å². The van der Waals surface area contributed by atoms with Crippen molar-refractivity contribution in [1.82, 2.24) is 0 Å². The van der Waals surface area contributed by atoms with Crippen molar-refractivity contribution in [3.8, 4) is 12.1 Å². The van der Waals surface area contributed by atoms with Gasteiger partial charge in [-0.05, 0) is 0 Å². The number of aliphatic carboxylic acids is 1. The summed E-state index contributed by atoms with van der Waals surface area (Å²) in [5.41, 5.74) is -6.17. The van der Waals surface area contributed by atoms with Gasteiger partial charge in [0, 0.05) is 6.08 Å². The first-order chi connectivity index (χ1) is 8.44. The van der Waals surface area contributed by atoms with E-state index in [2.05, 4.69) is 0 Å². The Morgan fingerprint density at radius 2 is 1.53 bits per heavy atom. The number of carboxylic acid groups (broad SMARTS) is 1. The maximum absolute atomic E-state index is 12.3. The fourth-order valence-corrected chi connectivity index (χ4v) is 0.945. The van der Waals surface area contributed by atoms with Crippen LogP contribution in [0.3, 0.4) is 0 Å². The molecule has 19 heavy (non-hydrogen) atoms. The van der Waals surface area contributed by atoms with Gasteiger partial charge in [-0.3, -0.25) is 0 Å². The largest absolute Gasteiger partial charge is 0.478 e. The van der Waals surface area contributed by atoms with Crippen LogP contribution in [-0.2, 0) is 4.79 Å². The topological polar surface area (TPSA) is 84.9 Å². The molecule has 0 aromatic rings. The lowest BCUT2D eigenvalue weighted by atomic mass is 10.0. The Kier molecular flexibility index (Phi) is 4.72. The summed E-state index contributed by atoms with van der Waals surface area (Å²) in [5.74, 6) is -2.66. The molecule has 0 aromatic carbocycles. The summed E-state index contributed by atoms with van der Waals surface area (Å²) in [5, 5.41) is 25.0. The Hall–Kier alpha value is -2.49. The van der Waals surface area contributed by atoms with Gasteiger partial charge in [0.1, 0.15) is 12.1 Å². The number of rotatable bonds is 2. The summed E-state index contributed by atoms with van der Waals surface area (Å²) in [6, 6.07) is 1.37. The third-order valence-electron chi connectivity index (χ3n) is 1.56. The third-order valence-corrected chi connectivity index (χ3v) is 1.56. The molecule has 0 aliphatic heterocycles.